The lowest BCUT2D eigenvalue weighted by Crippen LogP contribution is -2.34. The van der Waals surface area contributed by atoms with E-state index in [-0.39, 0.29) is 12.4 Å². The Bertz CT molecular complexity index is 586. The van der Waals surface area contributed by atoms with Crippen molar-refractivity contribution in [1.29, 1.82) is 0 Å². The first-order valence-corrected chi connectivity index (χ1v) is 6.85. The van der Waals surface area contributed by atoms with E-state index in [9.17, 15) is 0 Å². The summed E-state index contributed by atoms with van der Waals surface area (Å²) < 4.78 is 5.34. The van der Waals surface area contributed by atoms with Gasteiger partial charge in [-0.25, -0.2) is 0 Å². The number of hydrogen-bond donors (Lipinski definition) is 1. The van der Waals surface area contributed by atoms with Gasteiger partial charge in [0.1, 0.15) is 0 Å². The van der Waals surface area contributed by atoms with Crippen molar-refractivity contribution in [3.05, 3.63) is 34.6 Å². The topological polar surface area (TPSA) is 64.9 Å². The fraction of sp³-hybridized carbons (Fsp3) is 0.429. The van der Waals surface area contributed by atoms with Crippen LogP contribution in [0.5, 0.6) is 0 Å². The highest BCUT2D eigenvalue weighted by Crippen LogP contribution is 2.35. The standard InChI is InChI=1S/C14H16ClN3O.ClH/c1-9-6-10(8-11(15)7-9)12-17-13(18-19-12)14(16)4-2-3-5-14;/h6-8H,2-5,16H2,1H3;1H. The van der Waals surface area contributed by atoms with Crippen molar-refractivity contribution < 1.29 is 4.52 Å². The molecule has 1 aliphatic rings. The van der Waals surface area contributed by atoms with Crippen molar-refractivity contribution in [2.45, 2.75) is 38.1 Å². The Labute approximate surface area is 129 Å². The van der Waals surface area contributed by atoms with E-state index < -0.39 is 5.54 Å². The summed E-state index contributed by atoms with van der Waals surface area (Å²) >= 11 is 6.05. The van der Waals surface area contributed by atoms with Gasteiger partial charge in [0.25, 0.3) is 5.89 Å². The van der Waals surface area contributed by atoms with E-state index >= 15 is 0 Å². The highest BCUT2D eigenvalue weighted by molar-refractivity contribution is 6.30. The van der Waals surface area contributed by atoms with Crippen LogP contribution in [0.3, 0.4) is 0 Å². The van der Waals surface area contributed by atoms with Crippen molar-refractivity contribution in [3.8, 4) is 11.5 Å². The molecule has 0 spiro atoms. The van der Waals surface area contributed by atoms with Crippen LogP contribution in [0.2, 0.25) is 5.02 Å². The molecular formula is C14H17Cl2N3O. The van der Waals surface area contributed by atoms with E-state index in [0.717, 1.165) is 36.8 Å². The molecule has 3 rings (SSSR count). The summed E-state index contributed by atoms with van der Waals surface area (Å²) in [6, 6.07) is 5.69. The Morgan fingerprint density at radius 3 is 2.60 bits per heavy atom. The van der Waals surface area contributed by atoms with Gasteiger partial charge in [0.15, 0.2) is 5.82 Å². The molecule has 1 saturated carbocycles. The molecule has 6 heteroatoms. The van der Waals surface area contributed by atoms with Gasteiger partial charge in [0, 0.05) is 10.6 Å². The highest BCUT2D eigenvalue weighted by atomic mass is 35.5. The number of nitrogens with zero attached hydrogens (tertiary/aromatic N) is 2. The fourth-order valence-electron chi connectivity index (χ4n) is 2.63. The third kappa shape index (κ3) is 2.82. The maximum absolute atomic E-state index is 6.32. The van der Waals surface area contributed by atoms with Crippen LogP contribution in [-0.4, -0.2) is 10.1 Å². The van der Waals surface area contributed by atoms with Gasteiger partial charge in [-0.1, -0.05) is 29.6 Å². The van der Waals surface area contributed by atoms with Crippen LogP contribution in [0.4, 0.5) is 0 Å². The summed E-state index contributed by atoms with van der Waals surface area (Å²) in [7, 11) is 0. The van der Waals surface area contributed by atoms with Gasteiger partial charge in [0.05, 0.1) is 5.54 Å². The minimum absolute atomic E-state index is 0. The highest BCUT2D eigenvalue weighted by Gasteiger charge is 2.36. The molecule has 1 aromatic carbocycles. The van der Waals surface area contributed by atoms with E-state index in [2.05, 4.69) is 10.1 Å². The van der Waals surface area contributed by atoms with E-state index in [0.29, 0.717) is 16.7 Å². The molecule has 0 saturated heterocycles. The molecule has 2 N–H and O–H groups in total. The third-order valence-corrected chi connectivity index (χ3v) is 3.87. The SMILES string of the molecule is Cc1cc(Cl)cc(-c2nc(C3(N)CCCC3)no2)c1.Cl. The quantitative estimate of drug-likeness (QED) is 0.914. The van der Waals surface area contributed by atoms with E-state index in [1.165, 1.54) is 0 Å². The van der Waals surface area contributed by atoms with Gasteiger partial charge in [-0.05, 0) is 43.5 Å². The molecule has 0 amide bonds. The van der Waals surface area contributed by atoms with E-state index in [4.69, 9.17) is 21.9 Å². The van der Waals surface area contributed by atoms with Gasteiger partial charge in [-0.2, -0.15) is 4.98 Å². The van der Waals surface area contributed by atoms with Crippen molar-refractivity contribution in [2.24, 2.45) is 5.73 Å². The maximum Gasteiger partial charge on any atom is 0.258 e. The molecule has 0 radical (unpaired) electrons. The normalized spacial score (nSPS) is 16.9. The summed E-state index contributed by atoms with van der Waals surface area (Å²) in [6.45, 7) is 1.98. The van der Waals surface area contributed by atoms with E-state index in [1.54, 1.807) is 0 Å². The molecular weight excluding hydrogens is 297 g/mol. The summed E-state index contributed by atoms with van der Waals surface area (Å²) in [4.78, 5) is 4.46. The molecule has 4 nitrogen and oxygen atoms in total. The zero-order chi connectivity index (χ0) is 13.5. The van der Waals surface area contributed by atoms with Crippen molar-refractivity contribution in [3.63, 3.8) is 0 Å². The Kier molecular flexibility index (Phi) is 4.37. The lowest BCUT2D eigenvalue weighted by Gasteiger charge is -2.17. The molecule has 2 aromatic rings. The predicted molar refractivity (Wildman–Crippen MR) is 81.1 cm³/mol. The second-order valence-electron chi connectivity index (χ2n) is 5.30. The number of hydrogen-bond acceptors (Lipinski definition) is 4. The first-order chi connectivity index (χ1) is 9.07. The molecule has 1 aliphatic carbocycles. The van der Waals surface area contributed by atoms with Gasteiger partial charge in [-0.15, -0.1) is 12.4 Å². The van der Waals surface area contributed by atoms with Gasteiger partial charge < -0.3 is 10.3 Å². The number of nitrogens with two attached hydrogens (primary N) is 1. The van der Waals surface area contributed by atoms with Crippen LogP contribution in [0.25, 0.3) is 11.5 Å². The zero-order valence-electron chi connectivity index (χ0n) is 11.2. The number of aryl methyl sites for hydroxylation is 1. The van der Waals surface area contributed by atoms with Crippen LogP contribution in [-0.2, 0) is 5.54 Å². The largest absolute Gasteiger partial charge is 0.334 e. The van der Waals surface area contributed by atoms with Crippen LogP contribution in [0.1, 0.15) is 37.1 Å². The maximum atomic E-state index is 6.32. The second kappa shape index (κ2) is 5.72. The average molecular weight is 314 g/mol. The molecule has 20 heavy (non-hydrogen) atoms. The average Bonchev–Trinajstić information content (AvgIpc) is 2.96. The van der Waals surface area contributed by atoms with Crippen molar-refractivity contribution in [2.75, 3.05) is 0 Å². The first-order valence-electron chi connectivity index (χ1n) is 6.47. The molecule has 1 heterocycles. The molecule has 0 bridgehead atoms. The monoisotopic (exact) mass is 313 g/mol. The zero-order valence-corrected chi connectivity index (χ0v) is 12.8. The Balaban J connectivity index is 0.00000147. The second-order valence-corrected chi connectivity index (χ2v) is 5.74. The van der Waals surface area contributed by atoms with Crippen LogP contribution >= 0.6 is 24.0 Å². The summed E-state index contributed by atoms with van der Waals surface area (Å²) in [5.74, 6) is 1.09. The lowest BCUT2D eigenvalue weighted by molar-refractivity contribution is 0.372. The molecule has 1 aromatic heterocycles. The molecule has 1 fully saturated rings. The van der Waals surface area contributed by atoms with Crippen LogP contribution in [0, 0.1) is 6.92 Å². The lowest BCUT2D eigenvalue weighted by atomic mass is 9.98. The Morgan fingerprint density at radius 2 is 1.95 bits per heavy atom. The molecule has 108 valence electrons. The van der Waals surface area contributed by atoms with Crippen LogP contribution < -0.4 is 5.73 Å². The first kappa shape index (κ1) is 15.3. The molecule has 0 atom stereocenters. The predicted octanol–water partition coefficient (Wildman–Crippen LogP) is 3.85. The van der Waals surface area contributed by atoms with Crippen molar-refractivity contribution >= 4 is 24.0 Å². The number of aromatic nitrogens is 2. The molecule has 0 aliphatic heterocycles. The van der Waals surface area contributed by atoms with E-state index in [1.807, 2.05) is 25.1 Å². The Morgan fingerprint density at radius 1 is 1.25 bits per heavy atom. The number of rotatable bonds is 2. The fourth-order valence-corrected chi connectivity index (χ4v) is 2.92. The van der Waals surface area contributed by atoms with Gasteiger partial charge in [-0.3, -0.25) is 0 Å². The van der Waals surface area contributed by atoms with Gasteiger partial charge in [0.2, 0.25) is 0 Å². The minimum atomic E-state index is -0.421. The van der Waals surface area contributed by atoms with Crippen LogP contribution in [0.15, 0.2) is 22.7 Å². The Hall–Kier alpha value is -1.10. The molecule has 0 unspecified atom stereocenters. The number of benzene rings is 1. The minimum Gasteiger partial charge on any atom is -0.334 e. The summed E-state index contributed by atoms with van der Waals surface area (Å²) in [6.07, 6.45) is 4.08. The summed E-state index contributed by atoms with van der Waals surface area (Å²) in [5, 5.41) is 4.72. The van der Waals surface area contributed by atoms with Crippen molar-refractivity contribution in [1.82, 2.24) is 10.1 Å². The van der Waals surface area contributed by atoms with Gasteiger partial charge >= 0.3 is 0 Å². The smallest absolute Gasteiger partial charge is 0.258 e. The summed E-state index contributed by atoms with van der Waals surface area (Å²) in [5.41, 5.74) is 7.80. The number of halogens is 2. The third-order valence-electron chi connectivity index (χ3n) is 3.66.